The molecule has 0 aliphatic carbocycles. The number of carbonyl (C=O) groups excluding carboxylic acids is 1. The number of aromatic nitrogens is 3. The SMILES string of the molecule is CC(OC(=O)c1ccc(Oc2ccc(Cl)cc2[N+](=O)[O-])cc1)c1nc(-c2cccnc2)no1. The maximum atomic E-state index is 12.5. The molecule has 0 radical (unpaired) electrons. The number of carbonyl (C=O) groups is 1. The van der Waals surface area contributed by atoms with Gasteiger partial charge in [0.1, 0.15) is 5.75 Å². The van der Waals surface area contributed by atoms with Crippen molar-refractivity contribution in [3.63, 3.8) is 0 Å². The molecule has 4 rings (SSSR count). The zero-order valence-electron chi connectivity index (χ0n) is 17.0. The molecular weight excluding hydrogens is 452 g/mol. The summed E-state index contributed by atoms with van der Waals surface area (Å²) in [7, 11) is 0. The summed E-state index contributed by atoms with van der Waals surface area (Å²) in [6.07, 6.45) is 2.43. The van der Waals surface area contributed by atoms with Crippen LogP contribution in [0.2, 0.25) is 5.02 Å². The molecule has 166 valence electrons. The van der Waals surface area contributed by atoms with E-state index in [4.69, 9.17) is 25.6 Å². The van der Waals surface area contributed by atoms with E-state index in [0.717, 1.165) is 0 Å². The van der Waals surface area contributed by atoms with Crippen molar-refractivity contribution >= 4 is 23.3 Å². The van der Waals surface area contributed by atoms with Crippen molar-refractivity contribution in [2.45, 2.75) is 13.0 Å². The molecule has 4 aromatic rings. The molecule has 0 spiro atoms. The molecule has 11 heteroatoms. The van der Waals surface area contributed by atoms with E-state index in [2.05, 4.69) is 15.1 Å². The van der Waals surface area contributed by atoms with Gasteiger partial charge in [-0.1, -0.05) is 16.8 Å². The highest BCUT2D eigenvalue weighted by molar-refractivity contribution is 6.30. The average molecular weight is 467 g/mol. The third kappa shape index (κ3) is 5.13. The normalized spacial score (nSPS) is 11.6. The third-order valence-electron chi connectivity index (χ3n) is 4.43. The van der Waals surface area contributed by atoms with Gasteiger partial charge in [0.05, 0.1) is 10.5 Å². The van der Waals surface area contributed by atoms with Crippen LogP contribution in [0.15, 0.2) is 71.5 Å². The molecular formula is C22H15ClN4O6. The van der Waals surface area contributed by atoms with Gasteiger partial charge in [-0.15, -0.1) is 0 Å². The van der Waals surface area contributed by atoms with Gasteiger partial charge in [0.25, 0.3) is 5.89 Å². The lowest BCUT2D eigenvalue weighted by Crippen LogP contribution is -2.09. The van der Waals surface area contributed by atoms with E-state index in [1.807, 2.05) is 0 Å². The molecule has 2 aromatic carbocycles. The fourth-order valence-electron chi connectivity index (χ4n) is 2.80. The average Bonchev–Trinajstić information content (AvgIpc) is 3.32. The molecule has 2 heterocycles. The lowest BCUT2D eigenvalue weighted by Gasteiger charge is -2.10. The van der Waals surface area contributed by atoms with Crippen molar-refractivity contribution < 1.29 is 23.7 Å². The van der Waals surface area contributed by atoms with E-state index in [9.17, 15) is 14.9 Å². The molecule has 2 aromatic heterocycles. The van der Waals surface area contributed by atoms with Crippen LogP contribution < -0.4 is 4.74 Å². The van der Waals surface area contributed by atoms with Crippen molar-refractivity contribution in [2.24, 2.45) is 0 Å². The van der Waals surface area contributed by atoms with Crippen LogP contribution in [0, 0.1) is 10.1 Å². The monoisotopic (exact) mass is 466 g/mol. The molecule has 0 saturated carbocycles. The number of nitro groups is 1. The number of nitro benzene ring substituents is 1. The van der Waals surface area contributed by atoms with Gasteiger partial charge in [-0.2, -0.15) is 4.98 Å². The van der Waals surface area contributed by atoms with Crippen LogP contribution in [0.1, 0.15) is 29.3 Å². The summed E-state index contributed by atoms with van der Waals surface area (Å²) in [4.78, 5) is 31.3. The molecule has 0 aliphatic heterocycles. The number of hydrogen-bond acceptors (Lipinski definition) is 9. The van der Waals surface area contributed by atoms with Crippen molar-refractivity contribution in [1.29, 1.82) is 0 Å². The van der Waals surface area contributed by atoms with Crippen LogP contribution in [0.5, 0.6) is 11.5 Å². The van der Waals surface area contributed by atoms with Gasteiger partial charge in [0.15, 0.2) is 6.10 Å². The second kappa shape index (κ2) is 9.45. The zero-order valence-corrected chi connectivity index (χ0v) is 17.8. The number of nitrogens with zero attached hydrogens (tertiary/aromatic N) is 4. The molecule has 0 amide bonds. The van der Waals surface area contributed by atoms with E-state index in [1.165, 1.54) is 42.5 Å². The Bertz CT molecular complexity index is 1290. The van der Waals surface area contributed by atoms with Crippen molar-refractivity contribution in [3.8, 4) is 22.9 Å². The van der Waals surface area contributed by atoms with Gasteiger partial charge in [-0.25, -0.2) is 4.79 Å². The van der Waals surface area contributed by atoms with Gasteiger partial charge < -0.3 is 14.0 Å². The predicted molar refractivity (Wildman–Crippen MR) is 116 cm³/mol. The maximum absolute atomic E-state index is 12.5. The van der Waals surface area contributed by atoms with Crippen LogP contribution >= 0.6 is 11.6 Å². The van der Waals surface area contributed by atoms with Crippen molar-refractivity contribution in [3.05, 3.63) is 93.6 Å². The van der Waals surface area contributed by atoms with Crippen LogP contribution in [-0.4, -0.2) is 26.0 Å². The van der Waals surface area contributed by atoms with Gasteiger partial charge >= 0.3 is 11.7 Å². The van der Waals surface area contributed by atoms with Crippen molar-refractivity contribution in [1.82, 2.24) is 15.1 Å². The molecule has 10 nitrogen and oxygen atoms in total. The van der Waals surface area contributed by atoms with Crippen LogP contribution in [-0.2, 0) is 4.74 Å². The smallest absolute Gasteiger partial charge is 0.338 e. The van der Waals surface area contributed by atoms with E-state index in [0.29, 0.717) is 17.1 Å². The summed E-state index contributed by atoms with van der Waals surface area (Å²) in [5, 5.41) is 15.3. The molecule has 1 unspecified atom stereocenters. The van der Waals surface area contributed by atoms with Gasteiger partial charge in [0, 0.05) is 29.0 Å². The minimum Gasteiger partial charge on any atom is -0.450 e. The first kappa shape index (κ1) is 21.9. The Morgan fingerprint density at radius 1 is 1.18 bits per heavy atom. The Morgan fingerprint density at radius 3 is 2.67 bits per heavy atom. The fourth-order valence-corrected chi connectivity index (χ4v) is 2.96. The predicted octanol–water partition coefficient (Wildman–Crippen LogP) is 5.40. The highest BCUT2D eigenvalue weighted by Crippen LogP contribution is 2.33. The number of halogens is 1. The lowest BCUT2D eigenvalue weighted by atomic mass is 10.2. The minimum absolute atomic E-state index is 0.0224. The van der Waals surface area contributed by atoms with Crippen LogP contribution in [0.4, 0.5) is 5.69 Å². The largest absolute Gasteiger partial charge is 0.450 e. The first-order chi connectivity index (χ1) is 15.9. The van der Waals surface area contributed by atoms with Gasteiger partial charge in [0.2, 0.25) is 11.6 Å². The number of esters is 1. The summed E-state index contributed by atoms with van der Waals surface area (Å²) < 4.78 is 16.2. The molecule has 0 N–H and O–H groups in total. The van der Waals surface area contributed by atoms with Crippen LogP contribution in [0.25, 0.3) is 11.4 Å². The third-order valence-corrected chi connectivity index (χ3v) is 4.66. The zero-order chi connectivity index (χ0) is 23.4. The molecule has 0 saturated heterocycles. The Balaban J connectivity index is 1.42. The molecule has 1 atom stereocenters. The number of ether oxygens (including phenoxy) is 2. The van der Waals surface area contributed by atoms with Gasteiger partial charge in [-0.3, -0.25) is 15.1 Å². The Morgan fingerprint density at radius 2 is 1.97 bits per heavy atom. The Labute approximate surface area is 191 Å². The Hall–Kier alpha value is -4.31. The molecule has 0 aliphatic rings. The number of pyridine rings is 1. The van der Waals surface area contributed by atoms with Crippen molar-refractivity contribution in [2.75, 3.05) is 0 Å². The van der Waals surface area contributed by atoms with E-state index < -0.39 is 17.0 Å². The first-order valence-corrected chi connectivity index (χ1v) is 9.95. The second-order valence-corrected chi connectivity index (χ2v) is 7.18. The molecule has 33 heavy (non-hydrogen) atoms. The highest BCUT2D eigenvalue weighted by atomic mass is 35.5. The number of rotatable bonds is 7. The van der Waals surface area contributed by atoms with E-state index >= 15 is 0 Å². The maximum Gasteiger partial charge on any atom is 0.338 e. The molecule has 0 fully saturated rings. The highest BCUT2D eigenvalue weighted by Gasteiger charge is 2.21. The summed E-state index contributed by atoms with van der Waals surface area (Å²) in [5.74, 6) is 0.167. The lowest BCUT2D eigenvalue weighted by molar-refractivity contribution is -0.385. The summed E-state index contributed by atoms with van der Waals surface area (Å²) >= 11 is 5.81. The summed E-state index contributed by atoms with van der Waals surface area (Å²) in [6.45, 7) is 1.61. The standard InChI is InChI=1S/C22H15ClN4O6/c1-13(21-25-20(26-33-21)15-3-2-10-24-12-15)31-22(28)14-4-7-17(8-5-14)32-19-9-6-16(23)11-18(19)27(29)30/h2-13H,1H3. The van der Waals surface area contributed by atoms with E-state index in [1.54, 1.807) is 31.5 Å². The van der Waals surface area contributed by atoms with E-state index in [-0.39, 0.29) is 27.9 Å². The number of hydrogen-bond donors (Lipinski definition) is 0. The summed E-state index contributed by atoms with van der Waals surface area (Å²) in [5.41, 5.74) is 0.638. The number of benzene rings is 2. The summed E-state index contributed by atoms with van der Waals surface area (Å²) in [6, 6.07) is 13.5. The quantitative estimate of drug-likeness (QED) is 0.199. The first-order valence-electron chi connectivity index (χ1n) is 9.57. The van der Waals surface area contributed by atoms with Gasteiger partial charge in [-0.05, 0) is 55.5 Å². The topological polar surface area (TPSA) is 130 Å². The Kier molecular flexibility index (Phi) is 6.27. The van der Waals surface area contributed by atoms with Crippen LogP contribution in [0.3, 0.4) is 0 Å². The second-order valence-electron chi connectivity index (χ2n) is 6.74. The molecule has 0 bridgehead atoms. The fraction of sp³-hybridized carbons (Fsp3) is 0.0909. The minimum atomic E-state index is -0.789.